The molecule has 0 saturated carbocycles. The molecule has 0 radical (unpaired) electrons. The molecule has 0 rings (SSSR count). The summed E-state index contributed by atoms with van der Waals surface area (Å²) in [6.07, 6.45) is 68.2. The maximum absolute atomic E-state index is 12.8. The number of rotatable bonds is 46. The lowest BCUT2D eigenvalue weighted by atomic mass is 10.1. The Hall–Kier alpha value is -3.67. The average Bonchev–Trinajstić information content (AvgIpc) is 3.29. The van der Waals surface area contributed by atoms with E-state index in [9.17, 15) is 14.4 Å². The summed E-state index contributed by atoms with van der Waals surface area (Å²) in [6.45, 7) is 6.31. The van der Waals surface area contributed by atoms with Crippen LogP contribution < -0.4 is 0 Å². The first-order valence-corrected chi connectivity index (χ1v) is 26.3. The molecule has 0 amide bonds. The van der Waals surface area contributed by atoms with E-state index >= 15 is 0 Å². The van der Waals surface area contributed by atoms with Crippen LogP contribution in [0.2, 0.25) is 0 Å². The van der Waals surface area contributed by atoms with Gasteiger partial charge in [0, 0.05) is 19.3 Å². The van der Waals surface area contributed by atoms with Crippen molar-refractivity contribution in [2.75, 3.05) is 13.2 Å². The zero-order valence-electron chi connectivity index (χ0n) is 41.5. The standard InChI is InChI=1S/C58H96O6/c1-4-7-10-13-16-19-22-25-27-28-29-30-32-33-36-39-42-45-48-51-57(60)63-54-55(53-62-56(59)50-47-44-41-38-35-24-21-18-15-12-9-6-3)64-58(61)52-49-46-43-40-37-34-31-26-23-20-17-14-11-8-5-2/h8-9,11-12,14,16-23,25,35,38,55H,4-7,10,13,15,24,26-34,36-37,39-54H2,1-3H3/b11-8-,12-9-,17-14-,19-16-,21-18-,23-20-,25-22-,38-35-. The molecule has 6 nitrogen and oxygen atoms in total. The molecule has 1 unspecified atom stereocenters. The first-order chi connectivity index (χ1) is 31.5. The minimum atomic E-state index is -0.801. The normalized spacial score (nSPS) is 12.9. The second-order valence-electron chi connectivity index (χ2n) is 17.1. The van der Waals surface area contributed by atoms with Gasteiger partial charge >= 0.3 is 17.9 Å². The first kappa shape index (κ1) is 60.3. The highest BCUT2D eigenvalue weighted by Crippen LogP contribution is 2.14. The number of hydrogen-bond acceptors (Lipinski definition) is 6. The van der Waals surface area contributed by atoms with Crippen LogP contribution in [0.3, 0.4) is 0 Å². The summed E-state index contributed by atoms with van der Waals surface area (Å²) in [5.41, 5.74) is 0. The summed E-state index contributed by atoms with van der Waals surface area (Å²) >= 11 is 0. The number of allylic oxidation sites excluding steroid dienone is 16. The van der Waals surface area contributed by atoms with Gasteiger partial charge in [-0.1, -0.05) is 214 Å². The Balaban J connectivity index is 4.41. The Morgan fingerprint density at radius 1 is 0.344 bits per heavy atom. The van der Waals surface area contributed by atoms with Gasteiger partial charge in [-0.05, 0) is 96.3 Å². The summed E-state index contributed by atoms with van der Waals surface area (Å²) < 4.78 is 16.8. The third kappa shape index (κ3) is 49.3. The molecule has 6 heteroatoms. The zero-order chi connectivity index (χ0) is 46.5. The molecule has 0 spiro atoms. The molecule has 0 fully saturated rings. The van der Waals surface area contributed by atoms with E-state index in [-0.39, 0.29) is 31.1 Å². The van der Waals surface area contributed by atoms with Gasteiger partial charge in [0.2, 0.25) is 0 Å². The Kier molecular flexibility index (Phi) is 49.0. The van der Waals surface area contributed by atoms with Crippen LogP contribution in [0.15, 0.2) is 97.2 Å². The lowest BCUT2D eigenvalue weighted by Crippen LogP contribution is -2.30. The number of carbonyl (C=O) groups is 3. The Morgan fingerprint density at radius 3 is 1.17 bits per heavy atom. The maximum Gasteiger partial charge on any atom is 0.306 e. The van der Waals surface area contributed by atoms with Gasteiger partial charge < -0.3 is 14.2 Å². The molecule has 0 bridgehead atoms. The van der Waals surface area contributed by atoms with Crippen LogP contribution in [0.4, 0.5) is 0 Å². The Labute approximate surface area is 394 Å². The van der Waals surface area contributed by atoms with Crippen molar-refractivity contribution in [3.63, 3.8) is 0 Å². The van der Waals surface area contributed by atoms with Gasteiger partial charge in [0.05, 0.1) is 0 Å². The number of ether oxygens (including phenoxy) is 3. The third-order valence-corrected chi connectivity index (χ3v) is 10.9. The fourth-order valence-electron chi connectivity index (χ4n) is 6.98. The third-order valence-electron chi connectivity index (χ3n) is 10.9. The van der Waals surface area contributed by atoms with Gasteiger partial charge in [0.25, 0.3) is 0 Å². The van der Waals surface area contributed by atoms with E-state index in [0.717, 1.165) is 96.3 Å². The molecule has 64 heavy (non-hydrogen) atoms. The van der Waals surface area contributed by atoms with Crippen LogP contribution in [0.1, 0.15) is 233 Å². The second kappa shape index (κ2) is 52.0. The van der Waals surface area contributed by atoms with Crippen LogP contribution in [0.5, 0.6) is 0 Å². The van der Waals surface area contributed by atoms with E-state index in [1.807, 2.05) is 0 Å². The van der Waals surface area contributed by atoms with Crippen molar-refractivity contribution in [1.29, 1.82) is 0 Å². The van der Waals surface area contributed by atoms with Gasteiger partial charge in [-0.25, -0.2) is 0 Å². The van der Waals surface area contributed by atoms with Crippen molar-refractivity contribution in [2.24, 2.45) is 0 Å². The first-order valence-electron chi connectivity index (χ1n) is 26.3. The van der Waals surface area contributed by atoms with Crippen LogP contribution in [0.25, 0.3) is 0 Å². The van der Waals surface area contributed by atoms with Gasteiger partial charge in [0.15, 0.2) is 6.10 Å². The fourth-order valence-corrected chi connectivity index (χ4v) is 6.98. The monoisotopic (exact) mass is 889 g/mol. The van der Waals surface area contributed by atoms with Crippen molar-refractivity contribution in [3.05, 3.63) is 97.2 Å². The molecular formula is C58H96O6. The van der Waals surface area contributed by atoms with E-state index < -0.39 is 6.10 Å². The molecule has 0 aliphatic carbocycles. The van der Waals surface area contributed by atoms with E-state index in [1.54, 1.807) is 0 Å². The van der Waals surface area contributed by atoms with Crippen LogP contribution in [-0.4, -0.2) is 37.2 Å². The van der Waals surface area contributed by atoms with E-state index in [1.165, 1.54) is 96.3 Å². The topological polar surface area (TPSA) is 78.9 Å². The van der Waals surface area contributed by atoms with Crippen LogP contribution in [-0.2, 0) is 28.6 Å². The number of esters is 3. The van der Waals surface area contributed by atoms with Crippen molar-refractivity contribution in [2.45, 2.75) is 239 Å². The SMILES string of the molecule is CC\C=C/C=C\C=C/CCCCCCCCCC(=O)OC(COC(=O)CCCC/C=C\C/C=C\C/C=C\CC)COC(=O)CCCCCCCCCCCC/C=C\C=C/CCCCC. The molecule has 1 atom stereocenters. The smallest absolute Gasteiger partial charge is 0.306 e. The highest BCUT2D eigenvalue weighted by molar-refractivity contribution is 5.71. The van der Waals surface area contributed by atoms with Gasteiger partial charge in [-0.2, -0.15) is 0 Å². The molecule has 0 saturated heterocycles. The van der Waals surface area contributed by atoms with Gasteiger partial charge in [0.1, 0.15) is 13.2 Å². The summed E-state index contributed by atoms with van der Waals surface area (Å²) in [5, 5.41) is 0. The molecule has 0 aromatic carbocycles. The summed E-state index contributed by atoms with van der Waals surface area (Å²) in [5.74, 6) is -0.956. The molecule has 0 aromatic heterocycles. The summed E-state index contributed by atoms with van der Waals surface area (Å²) in [6, 6.07) is 0. The predicted octanol–water partition coefficient (Wildman–Crippen LogP) is 17.4. The second-order valence-corrected chi connectivity index (χ2v) is 17.1. The quantitative estimate of drug-likeness (QED) is 0.0199. The highest BCUT2D eigenvalue weighted by Gasteiger charge is 2.19. The molecular weight excluding hydrogens is 793 g/mol. The van der Waals surface area contributed by atoms with Crippen LogP contribution in [0, 0.1) is 0 Å². The summed E-state index contributed by atoms with van der Waals surface area (Å²) in [7, 11) is 0. The minimum Gasteiger partial charge on any atom is -0.462 e. The number of hydrogen-bond donors (Lipinski definition) is 0. The van der Waals surface area contributed by atoms with Crippen molar-refractivity contribution in [3.8, 4) is 0 Å². The highest BCUT2D eigenvalue weighted by atomic mass is 16.6. The number of unbranched alkanes of at least 4 members (excludes halogenated alkanes) is 22. The average molecular weight is 889 g/mol. The van der Waals surface area contributed by atoms with E-state index in [0.29, 0.717) is 19.3 Å². The fraction of sp³-hybridized carbons (Fsp3) is 0.672. The number of carbonyl (C=O) groups excluding carboxylic acids is 3. The van der Waals surface area contributed by atoms with E-state index in [2.05, 4.69) is 118 Å². The lowest BCUT2D eigenvalue weighted by molar-refractivity contribution is -0.167. The molecule has 364 valence electrons. The minimum absolute atomic E-state index is 0.0974. The van der Waals surface area contributed by atoms with Gasteiger partial charge in [-0.3, -0.25) is 14.4 Å². The van der Waals surface area contributed by atoms with Crippen LogP contribution >= 0.6 is 0 Å². The van der Waals surface area contributed by atoms with E-state index in [4.69, 9.17) is 14.2 Å². The predicted molar refractivity (Wildman–Crippen MR) is 274 cm³/mol. The molecule has 0 N–H and O–H groups in total. The van der Waals surface area contributed by atoms with Crippen molar-refractivity contribution in [1.82, 2.24) is 0 Å². The van der Waals surface area contributed by atoms with Gasteiger partial charge in [-0.15, -0.1) is 0 Å². The molecule has 0 aromatic rings. The summed E-state index contributed by atoms with van der Waals surface area (Å²) in [4.78, 5) is 38.0. The molecule has 0 aliphatic rings. The Morgan fingerprint density at radius 2 is 0.688 bits per heavy atom. The van der Waals surface area contributed by atoms with Crippen molar-refractivity contribution < 1.29 is 28.6 Å². The largest absolute Gasteiger partial charge is 0.462 e. The maximum atomic E-state index is 12.8. The lowest BCUT2D eigenvalue weighted by Gasteiger charge is -2.18. The van der Waals surface area contributed by atoms with Crippen molar-refractivity contribution >= 4 is 17.9 Å². The Bertz CT molecular complexity index is 1300. The molecule has 0 aliphatic heterocycles. The molecule has 0 heterocycles. The zero-order valence-corrected chi connectivity index (χ0v) is 41.5.